The Kier molecular flexibility index (Phi) is 8.57. The molecule has 1 amide bonds. The normalized spacial score (nSPS) is 16.0. The van der Waals surface area contributed by atoms with Crippen molar-refractivity contribution in [2.75, 3.05) is 13.2 Å². The lowest BCUT2D eigenvalue weighted by Gasteiger charge is -2.33. The van der Waals surface area contributed by atoms with Gasteiger partial charge in [0.25, 0.3) is 0 Å². The molecule has 0 aliphatic heterocycles. The molecule has 174 valence electrons. The molecule has 0 bridgehead atoms. The fraction of sp³-hybridized carbons (Fsp3) is 0.458. The monoisotopic (exact) mass is 478 g/mol. The van der Waals surface area contributed by atoms with Crippen LogP contribution in [-0.2, 0) is 14.8 Å². The molecular weight excluding hydrogens is 448 g/mol. The summed E-state index contributed by atoms with van der Waals surface area (Å²) in [4.78, 5) is 13.1. The van der Waals surface area contributed by atoms with E-state index >= 15 is 0 Å². The van der Waals surface area contributed by atoms with Gasteiger partial charge >= 0.3 is 0 Å². The first-order valence-electron chi connectivity index (χ1n) is 11.1. The molecule has 6 nitrogen and oxygen atoms in total. The second kappa shape index (κ2) is 11.2. The van der Waals surface area contributed by atoms with Crippen LogP contribution in [0.4, 0.5) is 0 Å². The molecular formula is C24H31ClN2O4S. The molecule has 1 fully saturated rings. The maximum absolute atomic E-state index is 13.5. The highest BCUT2D eigenvalue weighted by molar-refractivity contribution is 7.89. The molecule has 2 aromatic rings. The van der Waals surface area contributed by atoms with Crippen molar-refractivity contribution in [2.45, 2.75) is 62.9 Å². The molecule has 1 N–H and O–H groups in total. The fourth-order valence-corrected chi connectivity index (χ4v) is 5.82. The number of ether oxygens (including phenoxy) is 1. The Bertz CT molecular complexity index is 988. The quantitative estimate of drug-likeness (QED) is 0.553. The van der Waals surface area contributed by atoms with Gasteiger partial charge in [-0.05, 0) is 68.7 Å². The summed E-state index contributed by atoms with van der Waals surface area (Å²) in [6, 6.07) is 13.2. The highest BCUT2D eigenvalue weighted by Crippen LogP contribution is 2.28. The smallest absolute Gasteiger partial charge is 0.243 e. The number of amides is 1. The largest absolute Gasteiger partial charge is 0.494 e. The summed E-state index contributed by atoms with van der Waals surface area (Å²) in [5, 5.41) is 3.55. The maximum atomic E-state index is 13.5. The molecule has 0 heterocycles. The predicted molar refractivity (Wildman–Crippen MR) is 126 cm³/mol. The van der Waals surface area contributed by atoms with Crippen LogP contribution in [0.3, 0.4) is 0 Å². The van der Waals surface area contributed by atoms with E-state index in [0.29, 0.717) is 17.4 Å². The van der Waals surface area contributed by atoms with Gasteiger partial charge in [0.1, 0.15) is 5.75 Å². The van der Waals surface area contributed by atoms with Gasteiger partial charge in [-0.15, -0.1) is 0 Å². The van der Waals surface area contributed by atoms with Gasteiger partial charge in [0.2, 0.25) is 15.9 Å². The minimum atomic E-state index is -3.83. The van der Waals surface area contributed by atoms with Crippen molar-refractivity contribution >= 4 is 27.5 Å². The van der Waals surface area contributed by atoms with Crippen LogP contribution in [0.5, 0.6) is 5.75 Å². The Morgan fingerprint density at radius 1 is 1.09 bits per heavy atom. The van der Waals surface area contributed by atoms with Crippen molar-refractivity contribution in [3.63, 3.8) is 0 Å². The SMILES string of the molecule is CCOc1ccc(S(=O)(=O)N(CC(=O)N[C@H](C)c2ccc(Cl)cc2)C2CCCCC2)cc1. The van der Waals surface area contributed by atoms with Crippen LogP contribution in [0.25, 0.3) is 0 Å². The Morgan fingerprint density at radius 2 is 1.72 bits per heavy atom. The molecule has 1 aliphatic rings. The van der Waals surface area contributed by atoms with Gasteiger partial charge in [0, 0.05) is 11.1 Å². The van der Waals surface area contributed by atoms with E-state index < -0.39 is 10.0 Å². The van der Waals surface area contributed by atoms with Gasteiger partial charge in [-0.2, -0.15) is 4.31 Å². The average Bonchev–Trinajstić information content (AvgIpc) is 2.79. The summed E-state index contributed by atoms with van der Waals surface area (Å²) < 4.78 is 33.8. The van der Waals surface area contributed by atoms with Gasteiger partial charge in [-0.25, -0.2) is 8.42 Å². The summed E-state index contributed by atoms with van der Waals surface area (Å²) in [7, 11) is -3.83. The Hall–Kier alpha value is -2.09. The molecule has 1 atom stereocenters. The molecule has 0 unspecified atom stereocenters. The van der Waals surface area contributed by atoms with Gasteiger partial charge in [-0.3, -0.25) is 4.79 Å². The Balaban J connectivity index is 1.78. The third-order valence-electron chi connectivity index (χ3n) is 5.77. The third kappa shape index (κ3) is 6.24. The number of rotatable bonds is 9. The fourth-order valence-electron chi connectivity index (χ4n) is 4.05. The van der Waals surface area contributed by atoms with E-state index in [1.54, 1.807) is 36.4 Å². The second-order valence-electron chi connectivity index (χ2n) is 8.09. The van der Waals surface area contributed by atoms with E-state index in [9.17, 15) is 13.2 Å². The van der Waals surface area contributed by atoms with E-state index in [2.05, 4.69) is 5.32 Å². The molecule has 0 spiro atoms. The Labute approximate surface area is 196 Å². The number of halogens is 1. The zero-order valence-corrected chi connectivity index (χ0v) is 20.2. The van der Waals surface area contributed by atoms with E-state index in [4.69, 9.17) is 16.3 Å². The predicted octanol–water partition coefficient (Wildman–Crippen LogP) is 4.94. The molecule has 1 saturated carbocycles. The van der Waals surface area contributed by atoms with Crippen LogP contribution in [-0.4, -0.2) is 37.8 Å². The number of carbonyl (C=O) groups is 1. The summed E-state index contributed by atoms with van der Waals surface area (Å²) in [5.41, 5.74) is 0.904. The number of nitrogens with zero attached hydrogens (tertiary/aromatic N) is 1. The summed E-state index contributed by atoms with van der Waals surface area (Å²) >= 11 is 5.94. The lowest BCUT2D eigenvalue weighted by molar-refractivity contribution is -0.122. The zero-order chi connectivity index (χ0) is 23.1. The number of sulfonamides is 1. The molecule has 0 aromatic heterocycles. The van der Waals surface area contributed by atoms with Crippen LogP contribution in [0.1, 0.15) is 57.6 Å². The standard InChI is InChI=1S/C24H31ClN2O4S/c1-3-31-22-13-15-23(16-14-22)32(29,30)27(21-7-5-4-6-8-21)17-24(28)26-18(2)19-9-11-20(25)12-10-19/h9-16,18,21H,3-8,17H2,1-2H3,(H,26,28)/t18-/m1/s1. The first-order chi connectivity index (χ1) is 15.3. The number of benzene rings is 2. The van der Waals surface area contributed by atoms with Gasteiger partial charge in [-0.1, -0.05) is 43.0 Å². The van der Waals surface area contributed by atoms with Crippen LogP contribution in [0.2, 0.25) is 5.02 Å². The first kappa shape index (κ1) is 24.6. The topological polar surface area (TPSA) is 75.7 Å². The molecule has 0 saturated heterocycles. The zero-order valence-electron chi connectivity index (χ0n) is 18.6. The van der Waals surface area contributed by atoms with E-state index in [-0.39, 0.29) is 29.4 Å². The minimum absolute atomic E-state index is 0.171. The molecule has 3 rings (SSSR count). The van der Waals surface area contributed by atoms with Crippen molar-refractivity contribution in [3.05, 3.63) is 59.1 Å². The van der Waals surface area contributed by atoms with Crippen LogP contribution < -0.4 is 10.1 Å². The van der Waals surface area contributed by atoms with E-state index in [0.717, 1.165) is 37.7 Å². The van der Waals surface area contributed by atoms with Gasteiger partial charge < -0.3 is 10.1 Å². The Morgan fingerprint density at radius 3 is 2.31 bits per heavy atom. The summed E-state index contributed by atoms with van der Waals surface area (Å²) in [5.74, 6) is 0.290. The maximum Gasteiger partial charge on any atom is 0.243 e. The van der Waals surface area contributed by atoms with Crippen LogP contribution in [0.15, 0.2) is 53.4 Å². The minimum Gasteiger partial charge on any atom is -0.494 e. The second-order valence-corrected chi connectivity index (χ2v) is 10.4. The first-order valence-corrected chi connectivity index (χ1v) is 12.9. The molecule has 2 aromatic carbocycles. The highest BCUT2D eigenvalue weighted by atomic mass is 35.5. The molecule has 32 heavy (non-hydrogen) atoms. The lowest BCUT2D eigenvalue weighted by atomic mass is 9.95. The number of nitrogens with one attached hydrogen (secondary N) is 1. The van der Waals surface area contributed by atoms with Gasteiger partial charge in [0.05, 0.1) is 24.1 Å². The number of hydrogen-bond donors (Lipinski definition) is 1. The van der Waals surface area contributed by atoms with E-state index in [1.807, 2.05) is 26.0 Å². The molecule has 8 heteroatoms. The summed E-state index contributed by atoms with van der Waals surface area (Å²) in [6.45, 7) is 4.04. The van der Waals surface area contributed by atoms with Crippen molar-refractivity contribution in [2.24, 2.45) is 0 Å². The van der Waals surface area contributed by atoms with Crippen molar-refractivity contribution in [1.82, 2.24) is 9.62 Å². The summed E-state index contributed by atoms with van der Waals surface area (Å²) in [6.07, 6.45) is 4.53. The number of carbonyl (C=O) groups excluding carboxylic acids is 1. The molecule has 1 aliphatic carbocycles. The lowest BCUT2D eigenvalue weighted by Crippen LogP contribution is -2.47. The average molecular weight is 479 g/mol. The van der Waals surface area contributed by atoms with E-state index in [1.165, 1.54) is 4.31 Å². The van der Waals surface area contributed by atoms with Crippen LogP contribution >= 0.6 is 11.6 Å². The molecule has 0 radical (unpaired) electrons. The van der Waals surface area contributed by atoms with Crippen molar-refractivity contribution in [1.29, 1.82) is 0 Å². The number of hydrogen-bond acceptors (Lipinski definition) is 4. The van der Waals surface area contributed by atoms with Gasteiger partial charge in [0.15, 0.2) is 0 Å². The van der Waals surface area contributed by atoms with Crippen molar-refractivity contribution < 1.29 is 17.9 Å². The third-order valence-corrected chi connectivity index (χ3v) is 7.93. The van der Waals surface area contributed by atoms with Crippen LogP contribution in [0, 0.1) is 0 Å². The highest BCUT2D eigenvalue weighted by Gasteiger charge is 2.34. The van der Waals surface area contributed by atoms with Crippen molar-refractivity contribution in [3.8, 4) is 5.75 Å².